The summed E-state index contributed by atoms with van der Waals surface area (Å²) in [7, 11) is 0. The van der Waals surface area contributed by atoms with Crippen LogP contribution in [0, 0.1) is 5.92 Å². The van der Waals surface area contributed by atoms with Gasteiger partial charge in [0.15, 0.2) is 0 Å². The molecule has 0 bridgehead atoms. The summed E-state index contributed by atoms with van der Waals surface area (Å²) < 4.78 is 0. The molecular formula is C12H22ClNO. The number of nitrogens with one attached hydrogen (secondary N) is 1. The first kappa shape index (κ1) is 12.8. The molecule has 1 aliphatic carbocycles. The van der Waals surface area contributed by atoms with E-state index in [0.717, 1.165) is 44.5 Å². The van der Waals surface area contributed by atoms with Crippen LogP contribution in [0.15, 0.2) is 0 Å². The maximum Gasteiger partial charge on any atom is 0.223 e. The Labute approximate surface area is 97.8 Å². The van der Waals surface area contributed by atoms with Crippen LogP contribution in [0.3, 0.4) is 0 Å². The van der Waals surface area contributed by atoms with Gasteiger partial charge in [-0.3, -0.25) is 4.79 Å². The number of halogens is 1. The zero-order chi connectivity index (χ0) is 10.9. The minimum Gasteiger partial charge on any atom is -0.356 e. The molecule has 0 saturated heterocycles. The number of carbonyl (C=O) groups is 1. The molecule has 0 aromatic carbocycles. The summed E-state index contributed by atoms with van der Waals surface area (Å²) in [5.41, 5.74) is 0. The molecule has 88 valence electrons. The molecule has 0 atom stereocenters. The molecule has 0 spiro atoms. The SMILES string of the molecule is O=C(NCCCCCCl)C1CCCCC1. The highest BCUT2D eigenvalue weighted by molar-refractivity contribution is 6.17. The van der Waals surface area contributed by atoms with Gasteiger partial charge in [-0.15, -0.1) is 11.6 Å². The minimum absolute atomic E-state index is 0.278. The summed E-state index contributed by atoms with van der Waals surface area (Å²) in [4.78, 5) is 11.7. The van der Waals surface area contributed by atoms with Crippen molar-refractivity contribution in [3.8, 4) is 0 Å². The Bertz CT molecular complexity index is 178. The molecule has 3 heteroatoms. The van der Waals surface area contributed by atoms with E-state index in [9.17, 15) is 4.79 Å². The highest BCUT2D eigenvalue weighted by atomic mass is 35.5. The lowest BCUT2D eigenvalue weighted by Crippen LogP contribution is -2.32. The monoisotopic (exact) mass is 231 g/mol. The van der Waals surface area contributed by atoms with Crippen molar-refractivity contribution < 1.29 is 4.79 Å². The first-order valence-corrected chi connectivity index (χ1v) is 6.71. The number of rotatable bonds is 6. The molecule has 0 radical (unpaired) electrons. The molecule has 0 aromatic rings. The second-order valence-corrected chi connectivity index (χ2v) is 4.75. The molecule has 0 unspecified atom stereocenters. The molecule has 1 fully saturated rings. The smallest absolute Gasteiger partial charge is 0.223 e. The summed E-state index contributed by atoms with van der Waals surface area (Å²) in [5.74, 6) is 1.31. The van der Waals surface area contributed by atoms with E-state index in [1.165, 1.54) is 19.3 Å². The fraction of sp³-hybridized carbons (Fsp3) is 0.917. The highest BCUT2D eigenvalue weighted by Gasteiger charge is 2.20. The predicted octanol–water partition coefficient (Wildman–Crippen LogP) is 3.09. The van der Waals surface area contributed by atoms with Crippen molar-refractivity contribution in [2.24, 2.45) is 5.92 Å². The molecule has 1 aliphatic rings. The first-order valence-electron chi connectivity index (χ1n) is 6.18. The molecule has 1 amide bonds. The van der Waals surface area contributed by atoms with Crippen LogP contribution < -0.4 is 5.32 Å². The van der Waals surface area contributed by atoms with Gasteiger partial charge >= 0.3 is 0 Å². The Morgan fingerprint density at radius 3 is 2.53 bits per heavy atom. The quantitative estimate of drug-likeness (QED) is 0.553. The van der Waals surface area contributed by atoms with Gasteiger partial charge in [0.25, 0.3) is 0 Å². The molecule has 0 aliphatic heterocycles. The van der Waals surface area contributed by atoms with E-state index in [1.807, 2.05) is 0 Å². The van der Waals surface area contributed by atoms with E-state index in [4.69, 9.17) is 11.6 Å². The van der Waals surface area contributed by atoms with E-state index in [2.05, 4.69) is 5.32 Å². The molecule has 1 N–H and O–H groups in total. The van der Waals surface area contributed by atoms with Gasteiger partial charge in [0.05, 0.1) is 0 Å². The summed E-state index contributed by atoms with van der Waals surface area (Å²) in [6.07, 6.45) is 9.18. The van der Waals surface area contributed by atoms with Crippen molar-refractivity contribution in [1.82, 2.24) is 5.32 Å². The Morgan fingerprint density at radius 2 is 1.87 bits per heavy atom. The molecule has 0 heterocycles. The Kier molecular flexibility index (Phi) is 6.82. The summed E-state index contributed by atoms with van der Waals surface area (Å²) in [6, 6.07) is 0. The standard InChI is InChI=1S/C12H22ClNO/c13-9-5-2-6-10-14-12(15)11-7-3-1-4-8-11/h11H,1-10H2,(H,14,15). The van der Waals surface area contributed by atoms with Gasteiger partial charge in [-0.2, -0.15) is 0 Å². The molecule has 1 saturated carbocycles. The summed E-state index contributed by atoms with van der Waals surface area (Å²) in [5, 5.41) is 3.03. The van der Waals surface area contributed by atoms with Crippen molar-refractivity contribution in [2.45, 2.75) is 51.4 Å². The van der Waals surface area contributed by atoms with Gasteiger partial charge in [-0.1, -0.05) is 25.7 Å². The second kappa shape index (κ2) is 7.98. The number of carbonyl (C=O) groups excluding carboxylic acids is 1. The van der Waals surface area contributed by atoms with Gasteiger partial charge in [-0.05, 0) is 25.7 Å². The Balaban J connectivity index is 2.02. The third-order valence-electron chi connectivity index (χ3n) is 3.09. The van der Waals surface area contributed by atoms with Gasteiger partial charge in [0.2, 0.25) is 5.91 Å². The largest absolute Gasteiger partial charge is 0.356 e. The molecule has 2 nitrogen and oxygen atoms in total. The predicted molar refractivity (Wildman–Crippen MR) is 64.2 cm³/mol. The van der Waals surface area contributed by atoms with E-state index < -0.39 is 0 Å². The van der Waals surface area contributed by atoms with Crippen LogP contribution in [0.2, 0.25) is 0 Å². The zero-order valence-electron chi connectivity index (χ0n) is 9.43. The van der Waals surface area contributed by atoms with Gasteiger partial charge < -0.3 is 5.32 Å². The van der Waals surface area contributed by atoms with Crippen LogP contribution in [0.4, 0.5) is 0 Å². The van der Waals surface area contributed by atoms with Crippen LogP contribution in [-0.2, 0) is 4.79 Å². The van der Waals surface area contributed by atoms with Crippen LogP contribution in [0.5, 0.6) is 0 Å². The van der Waals surface area contributed by atoms with Gasteiger partial charge in [0, 0.05) is 18.3 Å². The average molecular weight is 232 g/mol. The van der Waals surface area contributed by atoms with E-state index in [1.54, 1.807) is 0 Å². The third kappa shape index (κ3) is 5.41. The van der Waals surface area contributed by atoms with Crippen molar-refractivity contribution in [2.75, 3.05) is 12.4 Å². The molecule has 0 aromatic heterocycles. The van der Waals surface area contributed by atoms with Crippen molar-refractivity contribution in [3.05, 3.63) is 0 Å². The van der Waals surface area contributed by atoms with Crippen LogP contribution in [0.25, 0.3) is 0 Å². The number of hydrogen-bond acceptors (Lipinski definition) is 1. The summed E-state index contributed by atoms with van der Waals surface area (Å²) in [6.45, 7) is 0.826. The van der Waals surface area contributed by atoms with Crippen LogP contribution in [0.1, 0.15) is 51.4 Å². The normalized spacial score (nSPS) is 17.7. The average Bonchev–Trinajstić information content (AvgIpc) is 2.30. The van der Waals surface area contributed by atoms with Crippen molar-refractivity contribution >= 4 is 17.5 Å². The van der Waals surface area contributed by atoms with Crippen molar-refractivity contribution in [3.63, 3.8) is 0 Å². The fourth-order valence-electron chi connectivity index (χ4n) is 2.12. The maximum atomic E-state index is 11.7. The first-order chi connectivity index (χ1) is 7.34. The Morgan fingerprint density at radius 1 is 1.13 bits per heavy atom. The lowest BCUT2D eigenvalue weighted by atomic mass is 9.89. The van der Waals surface area contributed by atoms with Gasteiger partial charge in [0.1, 0.15) is 0 Å². The van der Waals surface area contributed by atoms with Gasteiger partial charge in [-0.25, -0.2) is 0 Å². The Hall–Kier alpha value is -0.240. The number of amides is 1. The van der Waals surface area contributed by atoms with Crippen LogP contribution in [-0.4, -0.2) is 18.3 Å². The molecule has 15 heavy (non-hydrogen) atoms. The maximum absolute atomic E-state index is 11.7. The van der Waals surface area contributed by atoms with E-state index in [-0.39, 0.29) is 5.91 Å². The summed E-state index contributed by atoms with van der Waals surface area (Å²) >= 11 is 5.58. The number of unbranched alkanes of at least 4 members (excludes halogenated alkanes) is 2. The molecule has 1 rings (SSSR count). The topological polar surface area (TPSA) is 29.1 Å². The number of alkyl halides is 1. The second-order valence-electron chi connectivity index (χ2n) is 4.38. The molecular weight excluding hydrogens is 210 g/mol. The zero-order valence-corrected chi connectivity index (χ0v) is 10.2. The highest BCUT2D eigenvalue weighted by Crippen LogP contribution is 2.23. The van der Waals surface area contributed by atoms with E-state index >= 15 is 0 Å². The van der Waals surface area contributed by atoms with Crippen LogP contribution >= 0.6 is 11.6 Å². The lowest BCUT2D eigenvalue weighted by molar-refractivity contribution is -0.125. The number of hydrogen-bond donors (Lipinski definition) is 1. The lowest BCUT2D eigenvalue weighted by Gasteiger charge is -2.20. The third-order valence-corrected chi connectivity index (χ3v) is 3.35. The fourth-order valence-corrected chi connectivity index (χ4v) is 2.31. The van der Waals surface area contributed by atoms with E-state index in [0.29, 0.717) is 5.92 Å². The minimum atomic E-state index is 0.278. The van der Waals surface area contributed by atoms with Crippen molar-refractivity contribution in [1.29, 1.82) is 0 Å².